The molecule has 25 heavy (non-hydrogen) atoms. The second-order valence-corrected chi connectivity index (χ2v) is 6.80. The number of aryl methyl sites for hydroxylation is 1. The van der Waals surface area contributed by atoms with Gasteiger partial charge in [-0.05, 0) is 57.9 Å². The van der Waals surface area contributed by atoms with Crippen LogP contribution in [-0.4, -0.2) is 40.4 Å². The Bertz CT molecular complexity index is 591. The van der Waals surface area contributed by atoms with Crippen LogP contribution in [-0.2, 0) is 0 Å². The molecule has 1 aromatic rings. The Morgan fingerprint density at radius 3 is 2.60 bits per heavy atom. The van der Waals surface area contributed by atoms with Crippen molar-refractivity contribution in [3.05, 3.63) is 29.1 Å². The molecule has 0 saturated carbocycles. The summed E-state index contributed by atoms with van der Waals surface area (Å²) in [5.74, 6) is 0.569. The predicted octanol–water partition coefficient (Wildman–Crippen LogP) is 4.35. The lowest BCUT2D eigenvalue weighted by Gasteiger charge is -2.21. The van der Waals surface area contributed by atoms with Gasteiger partial charge in [0.05, 0.1) is 0 Å². The van der Waals surface area contributed by atoms with Crippen molar-refractivity contribution in [2.75, 3.05) is 25.0 Å². The number of nitrogens with zero attached hydrogens (tertiary/aromatic N) is 3. The van der Waals surface area contributed by atoms with Gasteiger partial charge in [-0.3, -0.25) is 4.79 Å². The summed E-state index contributed by atoms with van der Waals surface area (Å²) >= 11 is 0. The number of nitrogens with one attached hydrogen (secondary N) is 1. The molecule has 1 heterocycles. The highest BCUT2D eigenvalue weighted by Gasteiger charge is 2.17. The van der Waals surface area contributed by atoms with Gasteiger partial charge in [-0.2, -0.15) is 0 Å². The van der Waals surface area contributed by atoms with E-state index in [1.54, 1.807) is 6.07 Å². The van der Waals surface area contributed by atoms with Crippen molar-refractivity contribution in [1.82, 2.24) is 14.9 Å². The number of anilines is 1. The van der Waals surface area contributed by atoms with Crippen molar-refractivity contribution in [2.24, 2.45) is 0 Å². The maximum absolute atomic E-state index is 12.7. The number of allylic oxidation sites excluding steroid dienone is 1. The third-order valence-corrected chi connectivity index (χ3v) is 4.46. The Balaban J connectivity index is 2.00. The van der Waals surface area contributed by atoms with Gasteiger partial charge < -0.3 is 10.2 Å². The van der Waals surface area contributed by atoms with Crippen LogP contribution in [0.15, 0.2) is 17.7 Å². The summed E-state index contributed by atoms with van der Waals surface area (Å²) in [7, 11) is 0. The number of carbonyl (C=O) groups excluding carboxylic acids is 1. The fourth-order valence-electron chi connectivity index (χ4n) is 3.24. The minimum absolute atomic E-state index is 0.00670. The number of hydrogen-bond donors (Lipinski definition) is 1. The molecule has 0 saturated heterocycles. The number of amides is 1. The monoisotopic (exact) mass is 344 g/mol. The van der Waals surface area contributed by atoms with E-state index in [1.807, 2.05) is 11.8 Å². The molecule has 1 aromatic heterocycles. The first kappa shape index (κ1) is 19.4. The number of carbonyl (C=O) groups is 1. The first-order valence-electron chi connectivity index (χ1n) is 9.70. The number of hydrogen-bond acceptors (Lipinski definition) is 4. The predicted molar refractivity (Wildman–Crippen MR) is 103 cm³/mol. The van der Waals surface area contributed by atoms with Crippen molar-refractivity contribution in [3.8, 4) is 0 Å². The first-order valence-corrected chi connectivity index (χ1v) is 9.70. The largest absolute Gasteiger partial charge is 0.354 e. The zero-order chi connectivity index (χ0) is 18.1. The fraction of sp³-hybridized carbons (Fsp3) is 0.650. The Labute approximate surface area is 151 Å². The van der Waals surface area contributed by atoms with Gasteiger partial charge in [0.15, 0.2) is 0 Å². The Morgan fingerprint density at radius 2 is 1.96 bits per heavy atom. The summed E-state index contributed by atoms with van der Waals surface area (Å²) in [6, 6.07) is 1.79. The fourth-order valence-corrected chi connectivity index (χ4v) is 3.24. The highest BCUT2D eigenvalue weighted by atomic mass is 16.2. The summed E-state index contributed by atoms with van der Waals surface area (Å²) < 4.78 is 0. The van der Waals surface area contributed by atoms with E-state index < -0.39 is 0 Å². The second-order valence-electron chi connectivity index (χ2n) is 6.80. The molecule has 0 bridgehead atoms. The molecule has 1 amide bonds. The summed E-state index contributed by atoms with van der Waals surface area (Å²) in [6.45, 7) is 8.45. The molecule has 0 fully saturated rings. The van der Waals surface area contributed by atoms with Gasteiger partial charge in [-0.1, -0.05) is 25.5 Å². The molecule has 5 nitrogen and oxygen atoms in total. The third-order valence-electron chi connectivity index (χ3n) is 4.46. The third kappa shape index (κ3) is 6.15. The molecule has 5 heteroatoms. The minimum atomic E-state index is 0.00670. The van der Waals surface area contributed by atoms with Crippen molar-refractivity contribution < 1.29 is 4.79 Å². The van der Waals surface area contributed by atoms with E-state index >= 15 is 0 Å². The van der Waals surface area contributed by atoms with Crippen LogP contribution < -0.4 is 5.32 Å². The van der Waals surface area contributed by atoms with E-state index in [1.165, 1.54) is 31.3 Å². The van der Waals surface area contributed by atoms with Crippen LogP contribution in [0.3, 0.4) is 0 Å². The Morgan fingerprint density at radius 1 is 1.20 bits per heavy atom. The molecule has 2 rings (SSSR count). The van der Waals surface area contributed by atoms with Gasteiger partial charge >= 0.3 is 0 Å². The van der Waals surface area contributed by atoms with E-state index in [9.17, 15) is 4.79 Å². The van der Waals surface area contributed by atoms with Crippen molar-refractivity contribution in [2.45, 2.75) is 65.7 Å². The molecule has 138 valence electrons. The average molecular weight is 345 g/mol. The molecule has 1 N–H and O–H groups in total. The first-order chi connectivity index (χ1) is 12.1. The molecule has 0 atom stereocenters. The standard InChI is InChI=1S/C20H32N4O/c1-4-13-24(14-5-2)19(25)18-15-16(3)22-20(23-18)21-12-11-17-9-7-6-8-10-17/h9,15H,4-8,10-14H2,1-3H3,(H,21,22,23). The summed E-state index contributed by atoms with van der Waals surface area (Å²) in [5, 5.41) is 3.30. The highest BCUT2D eigenvalue weighted by Crippen LogP contribution is 2.20. The molecule has 1 aliphatic rings. The molecular formula is C20H32N4O. The zero-order valence-corrected chi connectivity index (χ0v) is 16.0. The molecular weight excluding hydrogens is 312 g/mol. The summed E-state index contributed by atoms with van der Waals surface area (Å²) in [5.41, 5.74) is 2.85. The van der Waals surface area contributed by atoms with Crippen LogP contribution in [0.4, 0.5) is 5.95 Å². The molecule has 1 aliphatic carbocycles. The molecule has 0 unspecified atom stereocenters. The second kappa shape index (κ2) is 10.2. The lowest BCUT2D eigenvalue weighted by Crippen LogP contribution is -2.33. The lowest BCUT2D eigenvalue weighted by atomic mass is 9.97. The normalized spacial score (nSPS) is 14.1. The zero-order valence-electron chi connectivity index (χ0n) is 16.0. The van der Waals surface area contributed by atoms with Gasteiger partial charge in [0.1, 0.15) is 5.69 Å². The van der Waals surface area contributed by atoms with Crippen LogP contribution in [0, 0.1) is 6.92 Å². The molecule has 0 aromatic carbocycles. The molecule has 0 spiro atoms. The number of aromatic nitrogens is 2. The van der Waals surface area contributed by atoms with E-state index in [0.717, 1.165) is 44.6 Å². The van der Waals surface area contributed by atoms with Gasteiger partial charge in [0.25, 0.3) is 5.91 Å². The van der Waals surface area contributed by atoms with Crippen molar-refractivity contribution in [3.63, 3.8) is 0 Å². The van der Waals surface area contributed by atoms with Crippen molar-refractivity contribution >= 4 is 11.9 Å². The van der Waals surface area contributed by atoms with Crippen LogP contribution in [0.1, 0.15) is 75.0 Å². The maximum Gasteiger partial charge on any atom is 0.272 e. The van der Waals surface area contributed by atoms with Crippen LogP contribution in [0.2, 0.25) is 0 Å². The van der Waals surface area contributed by atoms with E-state index in [-0.39, 0.29) is 5.91 Å². The van der Waals surface area contributed by atoms with Crippen LogP contribution >= 0.6 is 0 Å². The SMILES string of the molecule is CCCN(CCC)C(=O)c1cc(C)nc(NCCC2=CCCCC2)n1. The van der Waals surface area contributed by atoms with Gasteiger partial charge in [0, 0.05) is 25.3 Å². The molecule has 0 radical (unpaired) electrons. The smallest absolute Gasteiger partial charge is 0.272 e. The van der Waals surface area contributed by atoms with Gasteiger partial charge in [-0.15, -0.1) is 0 Å². The van der Waals surface area contributed by atoms with Crippen LogP contribution in [0.25, 0.3) is 0 Å². The Kier molecular flexibility index (Phi) is 7.89. The average Bonchev–Trinajstić information content (AvgIpc) is 2.61. The van der Waals surface area contributed by atoms with Crippen molar-refractivity contribution in [1.29, 1.82) is 0 Å². The Hall–Kier alpha value is -1.91. The number of rotatable bonds is 9. The quantitative estimate of drug-likeness (QED) is 0.677. The van der Waals surface area contributed by atoms with E-state index in [0.29, 0.717) is 11.6 Å². The van der Waals surface area contributed by atoms with Crippen LogP contribution in [0.5, 0.6) is 0 Å². The van der Waals surface area contributed by atoms with Gasteiger partial charge in [-0.25, -0.2) is 9.97 Å². The minimum Gasteiger partial charge on any atom is -0.354 e. The highest BCUT2D eigenvalue weighted by molar-refractivity contribution is 5.92. The topological polar surface area (TPSA) is 58.1 Å². The van der Waals surface area contributed by atoms with E-state index in [2.05, 4.69) is 35.2 Å². The lowest BCUT2D eigenvalue weighted by molar-refractivity contribution is 0.0749. The summed E-state index contributed by atoms with van der Waals surface area (Å²) in [6.07, 6.45) is 10.3. The maximum atomic E-state index is 12.7. The summed E-state index contributed by atoms with van der Waals surface area (Å²) in [4.78, 5) is 23.5. The van der Waals surface area contributed by atoms with E-state index in [4.69, 9.17) is 0 Å². The van der Waals surface area contributed by atoms with Gasteiger partial charge in [0.2, 0.25) is 5.95 Å². The molecule has 0 aliphatic heterocycles.